The summed E-state index contributed by atoms with van der Waals surface area (Å²) in [6.07, 6.45) is 5.33. The fourth-order valence-electron chi connectivity index (χ4n) is 4.52. The number of benzene rings is 2. The number of fused-ring (bicyclic) bond motifs is 1. The Balaban J connectivity index is 1.68. The maximum Gasteiger partial charge on any atom is 0.127 e. The second-order valence-corrected chi connectivity index (χ2v) is 9.62. The molecule has 2 heterocycles. The molecule has 0 N–H and O–H groups in total. The lowest BCUT2D eigenvalue weighted by atomic mass is 9.87. The Bertz CT molecular complexity index is 938. The predicted molar refractivity (Wildman–Crippen MR) is 122 cm³/mol. The largest absolute Gasteiger partial charge is 0.322 e. The quantitative estimate of drug-likeness (QED) is 0.521. The molecule has 1 aliphatic rings. The van der Waals surface area contributed by atoms with E-state index in [1.165, 1.54) is 61.2 Å². The number of para-hydroxylation sites is 2. The number of hydrogen-bond donors (Lipinski definition) is 0. The molecule has 0 spiro atoms. The minimum atomic E-state index is 0.187. The first-order valence-electron chi connectivity index (χ1n) is 11.2. The van der Waals surface area contributed by atoms with Crippen LogP contribution < -0.4 is 0 Å². The second kappa shape index (κ2) is 8.31. The molecule has 1 fully saturated rings. The van der Waals surface area contributed by atoms with Crippen LogP contribution in [0.5, 0.6) is 0 Å². The van der Waals surface area contributed by atoms with E-state index in [0.29, 0.717) is 6.04 Å². The van der Waals surface area contributed by atoms with E-state index in [1.54, 1.807) is 0 Å². The zero-order valence-corrected chi connectivity index (χ0v) is 18.5. The lowest BCUT2D eigenvalue weighted by Gasteiger charge is -2.28. The van der Waals surface area contributed by atoms with Gasteiger partial charge in [-0.1, -0.05) is 70.0 Å². The molecule has 3 nitrogen and oxygen atoms in total. The van der Waals surface area contributed by atoms with Gasteiger partial charge in [-0.2, -0.15) is 0 Å². The Kier molecular flexibility index (Phi) is 5.78. The third-order valence-corrected chi connectivity index (χ3v) is 6.41. The maximum absolute atomic E-state index is 5.09. The molecular formula is C26H35N3. The topological polar surface area (TPSA) is 21.1 Å². The molecule has 1 aromatic heterocycles. The van der Waals surface area contributed by atoms with Crippen LogP contribution in [-0.2, 0) is 12.0 Å². The average Bonchev–Trinajstić information content (AvgIpc) is 2.88. The summed E-state index contributed by atoms with van der Waals surface area (Å²) in [7, 11) is 0. The first kappa shape index (κ1) is 20.2. The Morgan fingerprint density at radius 2 is 1.55 bits per heavy atom. The molecule has 1 unspecified atom stereocenters. The number of rotatable bonds is 4. The van der Waals surface area contributed by atoms with Crippen molar-refractivity contribution in [3.63, 3.8) is 0 Å². The van der Waals surface area contributed by atoms with Gasteiger partial charge < -0.3 is 4.57 Å². The summed E-state index contributed by atoms with van der Waals surface area (Å²) in [4.78, 5) is 7.73. The van der Waals surface area contributed by atoms with Crippen molar-refractivity contribution in [2.45, 2.75) is 71.4 Å². The van der Waals surface area contributed by atoms with Gasteiger partial charge in [0.1, 0.15) is 5.82 Å². The van der Waals surface area contributed by atoms with Crippen molar-refractivity contribution in [2.24, 2.45) is 0 Å². The second-order valence-electron chi connectivity index (χ2n) is 9.62. The van der Waals surface area contributed by atoms with Crippen LogP contribution in [0.4, 0.5) is 0 Å². The van der Waals surface area contributed by atoms with Crippen LogP contribution in [0.15, 0.2) is 48.5 Å². The van der Waals surface area contributed by atoms with E-state index in [0.717, 1.165) is 12.1 Å². The smallest absolute Gasteiger partial charge is 0.127 e. The van der Waals surface area contributed by atoms with Gasteiger partial charge in [0.15, 0.2) is 0 Å². The normalized spacial score (nSPS) is 17.4. The van der Waals surface area contributed by atoms with Gasteiger partial charge in [-0.15, -0.1) is 0 Å². The highest BCUT2D eigenvalue weighted by atomic mass is 15.2. The van der Waals surface area contributed by atoms with Gasteiger partial charge in [-0.25, -0.2) is 4.98 Å². The minimum Gasteiger partial charge on any atom is -0.322 e. The predicted octanol–water partition coefficient (Wildman–Crippen LogP) is 6.32. The summed E-state index contributed by atoms with van der Waals surface area (Å²) in [5.41, 5.74) is 5.26. The number of imidazole rings is 1. The van der Waals surface area contributed by atoms with Gasteiger partial charge in [-0.05, 0) is 61.5 Å². The molecule has 3 heteroatoms. The van der Waals surface area contributed by atoms with Gasteiger partial charge in [0, 0.05) is 6.54 Å². The Morgan fingerprint density at radius 3 is 2.21 bits per heavy atom. The lowest BCUT2D eigenvalue weighted by Crippen LogP contribution is -2.30. The van der Waals surface area contributed by atoms with E-state index in [4.69, 9.17) is 4.98 Å². The zero-order chi connectivity index (χ0) is 20.4. The van der Waals surface area contributed by atoms with Crippen LogP contribution in [0.3, 0.4) is 0 Å². The van der Waals surface area contributed by atoms with E-state index in [-0.39, 0.29) is 5.41 Å². The molecule has 0 saturated carbocycles. The van der Waals surface area contributed by atoms with Crippen LogP contribution in [0.25, 0.3) is 11.0 Å². The van der Waals surface area contributed by atoms with Crippen LogP contribution in [0.2, 0.25) is 0 Å². The molecule has 4 rings (SSSR count). The van der Waals surface area contributed by atoms with Crippen molar-refractivity contribution in [1.29, 1.82) is 0 Å². The van der Waals surface area contributed by atoms with Gasteiger partial charge in [0.05, 0.1) is 17.1 Å². The number of nitrogens with zero attached hydrogens (tertiary/aromatic N) is 3. The summed E-state index contributed by atoms with van der Waals surface area (Å²) >= 11 is 0. The number of likely N-dealkylation sites (tertiary alicyclic amines) is 1. The number of aromatic nitrogens is 2. The Morgan fingerprint density at radius 1 is 0.897 bits per heavy atom. The summed E-state index contributed by atoms with van der Waals surface area (Å²) in [5, 5.41) is 0. The van der Waals surface area contributed by atoms with Gasteiger partial charge >= 0.3 is 0 Å². The van der Waals surface area contributed by atoms with Crippen molar-refractivity contribution in [1.82, 2.24) is 14.5 Å². The number of hydrogen-bond acceptors (Lipinski definition) is 2. The summed E-state index contributed by atoms with van der Waals surface area (Å²) < 4.78 is 2.44. The zero-order valence-electron chi connectivity index (χ0n) is 18.5. The lowest BCUT2D eigenvalue weighted by molar-refractivity contribution is 0.208. The Labute approximate surface area is 175 Å². The van der Waals surface area contributed by atoms with Gasteiger partial charge in [-0.3, -0.25) is 4.90 Å². The van der Waals surface area contributed by atoms with Crippen molar-refractivity contribution in [3.8, 4) is 0 Å². The minimum absolute atomic E-state index is 0.187. The molecule has 1 saturated heterocycles. The van der Waals surface area contributed by atoms with Crippen LogP contribution in [-0.4, -0.2) is 27.5 Å². The highest BCUT2D eigenvalue weighted by molar-refractivity contribution is 5.76. The standard InChI is InChI=1S/C26H35N3/c1-20(28-17-9-5-6-10-18-28)25-27-23-11-7-8-12-24(23)29(25)19-21-13-15-22(16-14-21)26(2,3)4/h7-8,11-16,20H,5-6,9-10,17-19H2,1-4H3. The monoisotopic (exact) mass is 389 g/mol. The molecule has 3 aromatic rings. The fourth-order valence-corrected chi connectivity index (χ4v) is 4.52. The average molecular weight is 390 g/mol. The highest BCUT2D eigenvalue weighted by Crippen LogP contribution is 2.28. The summed E-state index contributed by atoms with van der Waals surface area (Å²) in [6.45, 7) is 12.4. The molecule has 154 valence electrons. The molecule has 0 amide bonds. The highest BCUT2D eigenvalue weighted by Gasteiger charge is 2.23. The summed E-state index contributed by atoms with van der Waals surface area (Å²) in [6, 6.07) is 18.1. The molecule has 0 radical (unpaired) electrons. The van der Waals surface area contributed by atoms with Crippen molar-refractivity contribution in [2.75, 3.05) is 13.1 Å². The van der Waals surface area contributed by atoms with Crippen LogP contribution in [0, 0.1) is 0 Å². The summed E-state index contributed by atoms with van der Waals surface area (Å²) in [5.74, 6) is 1.20. The molecule has 1 atom stereocenters. The molecular weight excluding hydrogens is 354 g/mol. The molecule has 2 aromatic carbocycles. The van der Waals surface area contributed by atoms with Crippen molar-refractivity contribution in [3.05, 3.63) is 65.5 Å². The SMILES string of the molecule is CC(c1nc2ccccc2n1Cc1ccc(C(C)(C)C)cc1)N1CCCCCC1. The first-order valence-corrected chi connectivity index (χ1v) is 11.2. The van der Waals surface area contributed by atoms with Gasteiger partial charge in [0.25, 0.3) is 0 Å². The van der Waals surface area contributed by atoms with E-state index >= 15 is 0 Å². The Hall–Kier alpha value is -2.13. The van der Waals surface area contributed by atoms with Gasteiger partial charge in [0.2, 0.25) is 0 Å². The van der Waals surface area contributed by atoms with Crippen LogP contribution >= 0.6 is 0 Å². The first-order chi connectivity index (χ1) is 13.9. The molecule has 29 heavy (non-hydrogen) atoms. The fraction of sp³-hybridized carbons (Fsp3) is 0.500. The van der Waals surface area contributed by atoms with E-state index < -0.39 is 0 Å². The van der Waals surface area contributed by atoms with Crippen molar-refractivity contribution < 1.29 is 0 Å². The molecule has 1 aliphatic heterocycles. The molecule has 0 bridgehead atoms. The third-order valence-electron chi connectivity index (χ3n) is 6.41. The van der Waals surface area contributed by atoms with E-state index in [1.807, 2.05) is 0 Å². The molecule has 0 aliphatic carbocycles. The van der Waals surface area contributed by atoms with Crippen LogP contribution in [0.1, 0.15) is 76.4 Å². The maximum atomic E-state index is 5.09. The van der Waals surface area contributed by atoms with E-state index in [9.17, 15) is 0 Å². The van der Waals surface area contributed by atoms with Crippen molar-refractivity contribution >= 4 is 11.0 Å². The van der Waals surface area contributed by atoms with E-state index in [2.05, 4.69) is 85.7 Å². The third kappa shape index (κ3) is 4.40.